The minimum Gasteiger partial charge on any atom is -0.480 e. The molecule has 1 aromatic rings. The van der Waals surface area contributed by atoms with Gasteiger partial charge in [0.2, 0.25) is 5.91 Å². The Hall–Kier alpha value is -3.03. The number of aromatic amines is 1. The Balaban J connectivity index is 1.81. The summed E-state index contributed by atoms with van der Waals surface area (Å²) < 4.78 is 6.84. The lowest BCUT2D eigenvalue weighted by Gasteiger charge is -2.18. The number of amides is 1. The molecule has 5 N–H and O–H groups in total. The lowest BCUT2D eigenvalue weighted by molar-refractivity contribution is -0.141. The zero-order chi connectivity index (χ0) is 23.1. The molecule has 0 spiro atoms. The summed E-state index contributed by atoms with van der Waals surface area (Å²) in [4.78, 5) is 60.4. The van der Waals surface area contributed by atoms with Gasteiger partial charge in [-0.05, 0) is 19.9 Å². The minimum atomic E-state index is -1.16. The van der Waals surface area contributed by atoms with E-state index in [1.54, 1.807) is 0 Å². The molecule has 2 heterocycles. The molecule has 1 amide bonds. The zero-order valence-electron chi connectivity index (χ0n) is 16.9. The number of carboxylic acid groups (broad SMARTS) is 2. The van der Waals surface area contributed by atoms with Crippen LogP contribution in [0.25, 0.3) is 0 Å². The van der Waals surface area contributed by atoms with Crippen molar-refractivity contribution in [3.63, 3.8) is 0 Å². The maximum atomic E-state index is 12.0. The second kappa shape index (κ2) is 10.8. The molecule has 0 bridgehead atoms. The Morgan fingerprint density at radius 3 is 2.52 bits per heavy atom. The number of nitrogens with one attached hydrogen (secondary N) is 2. The van der Waals surface area contributed by atoms with Crippen LogP contribution in [0.2, 0.25) is 0 Å². The number of H-pyrrole nitrogens is 1. The number of hydrogen-bond acceptors (Lipinski definition) is 8. The van der Waals surface area contributed by atoms with Crippen LogP contribution in [0.3, 0.4) is 0 Å². The molecular formula is C18H26N4O9. The molecular weight excluding hydrogens is 416 g/mol. The minimum absolute atomic E-state index is 0.0123. The summed E-state index contributed by atoms with van der Waals surface area (Å²) in [7, 11) is 0. The van der Waals surface area contributed by atoms with E-state index in [1.807, 2.05) is 0 Å². The number of aliphatic carboxylic acids is 2. The predicted octanol–water partition coefficient (Wildman–Crippen LogP) is -2.14. The summed E-state index contributed by atoms with van der Waals surface area (Å²) in [6, 6.07) is 0. The molecule has 0 aliphatic carbocycles. The molecule has 3 atom stereocenters. The normalized spacial score (nSPS) is 20.7. The lowest BCUT2D eigenvalue weighted by Crippen LogP contribution is -2.38. The monoisotopic (exact) mass is 442 g/mol. The zero-order valence-corrected chi connectivity index (χ0v) is 16.9. The fourth-order valence-corrected chi connectivity index (χ4v) is 3.23. The van der Waals surface area contributed by atoms with Crippen molar-refractivity contribution in [1.29, 1.82) is 0 Å². The van der Waals surface area contributed by atoms with Crippen LogP contribution in [-0.2, 0) is 19.1 Å². The van der Waals surface area contributed by atoms with Crippen molar-refractivity contribution in [3.05, 3.63) is 32.6 Å². The van der Waals surface area contributed by atoms with E-state index < -0.39 is 54.7 Å². The molecule has 1 aliphatic rings. The number of rotatable bonds is 11. The van der Waals surface area contributed by atoms with Crippen molar-refractivity contribution >= 4 is 17.8 Å². The summed E-state index contributed by atoms with van der Waals surface area (Å²) in [6.45, 7) is 0.751. The average molecular weight is 442 g/mol. The highest BCUT2D eigenvalue weighted by Gasteiger charge is 2.35. The van der Waals surface area contributed by atoms with Gasteiger partial charge in [0, 0.05) is 31.1 Å². The third kappa shape index (κ3) is 7.31. The van der Waals surface area contributed by atoms with Gasteiger partial charge in [0.05, 0.1) is 19.2 Å². The third-order valence-corrected chi connectivity index (χ3v) is 4.76. The molecule has 172 valence electrons. The van der Waals surface area contributed by atoms with Gasteiger partial charge < -0.3 is 25.4 Å². The Morgan fingerprint density at radius 2 is 1.90 bits per heavy atom. The van der Waals surface area contributed by atoms with E-state index in [4.69, 9.17) is 14.9 Å². The standard InChI is InChI=1S/C18H26N4O9/c1-10-7-22(18(30)20-17(10)29)14-5-11(23)12(31-14)6-19-13(24)3-2-4-21(8-15(25)26)9-16(27)28/h7,11-12,14,23H,2-6,8-9H2,1H3,(H,19,24)(H,25,26)(H,27,28)(H,20,29,30)/t11-,12+,14+/m0/s1. The van der Waals surface area contributed by atoms with Crippen LogP contribution in [0.15, 0.2) is 15.8 Å². The number of ether oxygens (including phenoxy) is 1. The van der Waals surface area contributed by atoms with Gasteiger partial charge in [0.25, 0.3) is 5.56 Å². The third-order valence-electron chi connectivity index (χ3n) is 4.76. The van der Waals surface area contributed by atoms with Gasteiger partial charge in [-0.1, -0.05) is 0 Å². The van der Waals surface area contributed by atoms with Crippen molar-refractivity contribution < 1.29 is 34.4 Å². The molecule has 0 saturated carbocycles. The van der Waals surface area contributed by atoms with Crippen LogP contribution in [0.1, 0.15) is 31.1 Å². The van der Waals surface area contributed by atoms with Gasteiger partial charge in [-0.3, -0.25) is 33.6 Å². The first-order valence-electron chi connectivity index (χ1n) is 9.65. The van der Waals surface area contributed by atoms with Crippen molar-refractivity contribution in [2.75, 3.05) is 26.2 Å². The van der Waals surface area contributed by atoms with E-state index in [9.17, 15) is 29.1 Å². The molecule has 13 nitrogen and oxygen atoms in total. The number of carboxylic acids is 2. The van der Waals surface area contributed by atoms with Gasteiger partial charge in [-0.25, -0.2) is 4.79 Å². The maximum Gasteiger partial charge on any atom is 0.330 e. The number of aliphatic hydroxyl groups excluding tert-OH is 1. The second-order valence-corrected chi connectivity index (χ2v) is 7.32. The summed E-state index contributed by atoms with van der Waals surface area (Å²) in [6.07, 6.45) is -0.768. The van der Waals surface area contributed by atoms with E-state index in [-0.39, 0.29) is 38.3 Å². The van der Waals surface area contributed by atoms with E-state index in [1.165, 1.54) is 22.6 Å². The number of aryl methyl sites for hydroxylation is 1. The molecule has 1 fully saturated rings. The molecule has 0 unspecified atom stereocenters. The predicted molar refractivity (Wildman–Crippen MR) is 105 cm³/mol. The van der Waals surface area contributed by atoms with Crippen LogP contribution >= 0.6 is 0 Å². The van der Waals surface area contributed by atoms with Crippen molar-refractivity contribution in [3.8, 4) is 0 Å². The number of nitrogens with zero attached hydrogens (tertiary/aromatic N) is 2. The highest BCUT2D eigenvalue weighted by atomic mass is 16.5. The van der Waals surface area contributed by atoms with E-state index in [0.717, 1.165) is 0 Å². The van der Waals surface area contributed by atoms with Crippen LogP contribution in [0.4, 0.5) is 0 Å². The van der Waals surface area contributed by atoms with Crippen molar-refractivity contribution in [1.82, 2.24) is 19.8 Å². The molecule has 0 radical (unpaired) electrons. The van der Waals surface area contributed by atoms with Gasteiger partial charge in [-0.2, -0.15) is 0 Å². The molecule has 2 rings (SSSR count). The van der Waals surface area contributed by atoms with Gasteiger partial charge in [0.1, 0.15) is 12.3 Å². The number of aromatic nitrogens is 2. The molecule has 1 aromatic heterocycles. The highest BCUT2D eigenvalue weighted by molar-refractivity contribution is 5.76. The highest BCUT2D eigenvalue weighted by Crippen LogP contribution is 2.27. The van der Waals surface area contributed by atoms with E-state index >= 15 is 0 Å². The maximum absolute atomic E-state index is 12.0. The van der Waals surface area contributed by atoms with Crippen molar-refractivity contribution in [2.24, 2.45) is 0 Å². The molecule has 1 saturated heterocycles. The van der Waals surface area contributed by atoms with Crippen LogP contribution < -0.4 is 16.6 Å². The Kier molecular flexibility index (Phi) is 8.47. The summed E-state index contributed by atoms with van der Waals surface area (Å²) in [5.41, 5.74) is -0.854. The van der Waals surface area contributed by atoms with Crippen LogP contribution in [0, 0.1) is 6.92 Å². The second-order valence-electron chi connectivity index (χ2n) is 7.32. The summed E-state index contributed by atoms with van der Waals surface area (Å²) in [5.74, 6) is -2.70. The van der Waals surface area contributed by atoms with Crippen LogP contribution in [-0.4, -0.2) is 86.0 Å². The Labute approximate surface area is 176 Å². The first-order chi connectivity index (χ1) is 14.6. The number of carbonyl (C=O) groups is 3. The summed E-state index contributed by atoms with van der Waals surface area (Å²) in [5, 5.41) is 30.4. The molecule has 31 heavy (non-hydrogen) atoms. The SMILES string of the molecule is Cc1cn([C@H]2C[C@H](O)[C@@H](CNC(=O)CCCN(CC(=O)O)CC(=O)O)O2)c(=O)[nH]c1=O. The fourth-order valence-electron chi connectivity index (χ4n) is 3.23. The van der Waals surface area contributed by atoms with Crippen molar-refractivity contribution in [2.45, 2.75) is 44.6 Å². The molecule has 13 heteroatoms. The Bertz CT molecular complexity index is 909. The van der Waals surface area contributed by atoms with Gasteiger partial charge in [0.15, 0.2) is 0 Å². The van der Waals surface area contributed by atoms with Crippen LogP contribution in [0.5, 0.6) is 0 Å². The Morgan fingerprint density at radius 1 is 1.26 bits per heavy atom. The largest absolute Gasteiger partial charge is 0.480 e. The van der Waals surface area contributed by atoms with Gasteiger partial charge >= 0.3 is 17.6 Å². The first kappa shape index (κ1) is 24.2. The topological polar surface area (TPSA) is 191 Å². The number of aliphatic hydroxyl groups is 1. The quantitative estimate of drug-likeness (QED) is 0.253. The first-order valence-corrected chi connectivity index (χ1v) is 9.65. The molecule has 1 aliphatic heterocycles. The average Bonchev–Trinajstić information content (AvgIpc) is 3.02. The lowest BCUT2D eigenvalue weighted by atomic mass is 10.1. The smallest absolute Gasteiger partial charge is 0.330 e. The number of carbonyl (C=O) groups excluding carboxylic acids is 1. The molecule has 0 aromatic carbocycles. The van der Waals surface area contributed by atoms with Gasteiger partial charge in [-0.15, -0.1) is 0 Å². The van der Waals surface area contributed by atoms with E-state index in [0.29, 0.717) is 5.56 Å². The van der Waals surface area contributed by atoms with E-state index in [2.05, 4.69) is 10.3 Å². The fraction of sp³-hybridized carbons (Fsp3) is 0.611. The number of hydrogen-bond donors (Lipinski definition) is 5. The summed E-state index contributed by atoms with van der Waals surface area (Å²) >= 11 is 0.